The number of rotatable bonds is 1. The van der Waals surface area contributed by atoms with Crippen molar-refractivity contribution in [3.05, 3.63) is 0 Å². The molecule has 2 nitrogen and oxygen atoms in total. The van der Waals surface area contributed by atoms with Gasteiger partial charge in [-0.25, -0.2) is 4.39 Å². The lowest BCUT2D eigenvalue weighted by atomic mass is 10.9. The minimum Gasteiger partial charge on any atom is -0.770 e. The molecule has 0 fully saturated rings. The maximum Gasteiger partial charge on any atom is 0.159 e. The molecule has 0 amide bonds. The van der Waals surface area contributed by atoms with E-state index < -0.39 is 16.6 Å². The molecule has 0 aliphatic rings. The molecule has 0 aromatic heterocycles. The molecule has 0 rings (SSSR count). The Morgan fingerprint density at radius 3 is 2.17 bits per heavy atom. The third-order valence-electron chi connectivity index (χ3n) is 0.265. The Balaban J connectivity index is 3.26. The van der Waals surface area contributed by atoms with Crippen molar-refractivity contribution in [2.45, 2.75) is 12.4 Å². The van der Waals surface area contributed by atoms with E-state index in [1.54, 1.807) is 0 Å². The lowest BCUT2D eigenvalue weighted by molar-refractivity contribution is 0.423. The highest BCUT2D eigenvalue weighted by atomic mass is 32.2. The van der Waals surface area contributed by atoms with Gasteiger partial charge in [-0.05, 0) is 18.0 Å². The molecule has 38 valence electrons. The first-order valence-corrected chi connectivity index (χ1v) is 2.50. The highest BCUT2D eigenvalue weighted by Gasteiger charge is 1.91. The van der Waals surface area contributed by atoms with Crippen LogP contribution >= 0.6 is 0 Å². The summed E-state index contributed by atoms with van der Waals surface area (Å²) in [7, 11) is 0. The molecule has 0 heterocycles. The molecule has 0 aliphatic carbocycles. The molecule has 0 saturated heterocycles. The largest absolute Gasteiger partial charge is 0.770 e. The molecule has 0 aromatic carbocycles. The summed E-state index contributed by atoms with van der Waals surface area (Å²) in [6, 6.07) is 0. The van der Waals surface area contributed by atoms with E-state index in [4.69, 9.17) is 0 Å². The van der Waals surface area contributed by atoms with Gasteiger partial charge in [0.15, 0.2) is 5.50 Å². The van der Waals surface area contributed by atoms with Crippen LogP contribution in [0, 0.1) is 0 Å². The van der Waals surface area contributed by atoms with E-state index >= 15 is 0 Å². The fraction of sp³-hybridized carbons (Fsp3) is 1.00. The zero-order valence-electron chi connectivity index (χ0n) is 3.18. The molecule has 2 unspecified atom stereocenters. The summed E-state index contributed by atoms with van der Waals surface area (Å²) in [4.78, 5) is 0. The molecule has 0 spiro atoms. The molecule has 0 N–H and O–H groups in total. The van der Waals surface area contributed by atoms with Crippen molar-refractivity contribution in [3.63, 3.8) is 0 Å². The average Bonchev–Trinajstić information content (AvgIpc) is 1.36. The molecule has 4 heteroatoms. The van der Waals surface area contributed by atoms with Crippen LogP contribution in [0.1, 0.15) is 6.92 Å². The van der Waals surface area contributed by atoms with Crippen molar-refractivity contribution in [2.24, 2.45) is 0 Å². The summed E-state index contributed by atoms with van der Waals surface area (Å²) < 4.78 is 29.9. The quantitative estimate of drug-likeness (QED) is 0.453. The third kappa shape index (κ3) is 2.29. The van der Waals surface area contributed by atoms with Crippen LogP contribution in [0.2, 0.25) is 0 Å². The van der Waals surface area contributed by atoms with E-state index in [9.17, 15) is 13.2 Å². The molecule has 0 saturated carbocycles. The molecule has 0 bridgehead atoms. The van der Waals surface area contributed by atoms with Crippen LogP contribution in [-0.4, -0.2) is 14.3 Å². The van der Waals surface area contributed by atoms with E-state index in [1.165, 1.54) is 0 Å². The first-order chi connectivity index (χ1) is 2.64. The SMILES string of the molecule is CC(F)S(=O)[O-]. The molecule has 0 aromatic rings. The number of halogens is 1. The minimum atomic E-state index is -2.53. The second-order valence-electron chi connectivity index (χ2n) is 0.803. The first kappa shape index (κ1) is 6.04. The Morgan fingerprint density at radius 1 is 2.00 bits per heavy atom. The minimum absolute atomic E-state index is 0.961. The average molecular weight is 111 g/mol. The lowest BCUT2D eigenvalue weighted by Crippen LogP contribution is -2.00. The van der Waals surface area contributed by atoms with Crippen LogP contribution < -0.4 is 0 Å². The fourth-order valence-electron chi connectivity index (χ4n) is 0. The zero-order chi connectivity index (χ0) is 5.15. The third-order valence-corrected chi connectivity index (χ3v) is 0.796. The number of hydrogen-bond acceptors (Lipinski definition) is 2. The fourth-order valence-corrected chi connectivity index (χ4v) is 0. The summed E-state index contributed by atoms with van der Waals surface area (Å²) in [6.45, 7) is 0.961. The van der Waals surface area contributed by atoms with Gasteiger partial charge >= 0.3 is 0 Å². The highest BCUT2D eigenvalue weighted by molar-refractivity contribution is 7.79. The maximum atomic E-state index is 11.2. The van der Waals surface area contributed by atoms with Crippen molar-refractivity contribution in [2.75, 3.05) is 0 Å². The highest BCUT2D eigenvalue weighted by Crippen LogP contribution is 1.88. The summed E-state index contributed by atoms with van der Waals surface area (Å²) in [5.41, 5.74) is -1.73. The Kier molecular flexibility index (Phi) is 2.27. The van der Waals surface area contributed by atoms with E-state index in [1.807, 2.05) is 0 Å². The van der Waals surface area contributed by atoms with Crippen LogP contribution in [0.5, 0.6) is 0 Å². The van der Waals surface area contributed by atoms with E-state index in [0.29, 0.717) is 0 Å². The van der Waals surface area contributed by atoms with Gasteiger partial charge in [-0.15, -0.1) is 0 Å². The Hall–Kier alpha value is 0.0400. The zero-order valence-corrected chi connectivity index (χ0v) is 4.00. The standard InChI is InChI=1S/C2H5FO2S/c1-2(3)6(4)5/h2H,1H3,(H,4,5)/p-1. The van der Waals surface area contributed by atoms with Crippen LogP contribution in [-0.2, 0) is 11.1 Å². The van der Waals surface area contributed by atoms with Crippen LogP contribution in [0.4, 0.5) is 4.39 Å². The predicted octanol–water partition coefficient (Wildman–Crippen LogP) is 0.181. The monoisotopic (exact) mass is 111 g/mol. The van der Waals surface area contributed by atoms with E-state index in [0.717, 1.165) is 6.92 Å². The van der Waals surface area contributed by atoms with Gasteiger partial charge in [0.25, 0.3) is 0 Å². The molecular weight excluding hydrogens is 107 g/mol. The summed E-state index contributed by atoms with van der Waals surface area (Å²) in [6.07, 6.45) is 0. The van der Waals surface area contributed by atoms with Crippen molar-refractivity contribution >= 4 is 11.1 Å². The second-order valence-corrected chi connectivity index (χ2v) is 1.97. The number of hydrogen-bond donors (Lipinski definition) is 0. The van der Waals surface area contributed by atoms with Crippen LogP contribution in [0.15, 0.2) is 0 Å². The van der Waals surface area contributed by atoms with Gasteiger partial charge in [-0.3, -0.25) is 4.21 Å². The predicted molar refractivity (Wildman–Crippen MR) is 19.5 cm³/mol. The van der Waals surface area contributed by atoms with Gasteiger partial charge < -0.3 is 4.55 Å². The Morgan fingerprint density at radius 2 is 2.17 bits per heavy atom. The van der Waals surface area contributed by atoms with Gasteiger partial charge in [0.1, 0.15) is 0 Å². The van der Waals surface area contributed by atoms with Crippen molar-refractivity contribution in [3.8, 4) is 0 Å². The summed E-state index contributed by atoms with van der Waals surface area (Å²) >= 11 is -2.53. The van der Waals surface area contributed by atoms with Gasteiger partial charge in [-0.2, -0.15) is 0 Å². The van der Waals surface area contributed by atoms with Crippen LogP contribution in [0.3, 0.4) is 0 Å². The molecule has 0 radical (unpaired) electrons. The molecule has 0 aliphatic heterocycles. The molecule has 2 atom stereocenters. The lowest BCUT2D eigenvalue weighted by Gasteiger charge is -2.01. The van der Waals surface area contributed by atoms with Crippen LogP contribution in [0.25, 0.3) is 0 Å². The smallest absolute Gasteiger partial charge is 0.159 e. The van der Waals surface area contributed by atoms with Crippen molar-refractivity contribution in [1.82, 2.24) is 0 Å². The summed E-state index contributed by atoms with van der Waals surface area (Å²) in [5.74, 6) is 0. The normalized spacial score (nSPS) is 19.8. The van der Waals surface area contributed by atoms with Gasteiger partial charge in [0, 0.05) is 0 Å². The van der Waals surface area contributed by atoms with Crippen molar-refractivity contribution < 1.29 is 13.2 Å². The summed E-state index contributed by atoms with van der Waals surface area (Å²) in [5, 5.41) is 0. The maximum absolute atomic E-state index is 11.2. The van der Waals surface area contributed by atoms with Gasteiger partial charge in [0.2, 0.25) is 0 Å². The Bertz CT molecular complexity index is 62.6. The Labute approximate surface area is 37.6 Å². The topological polar surface area (TPSA) is 40.1 Å². The molecular formula is C2H4FO2S-. The first-order valence-electron chi connectivity index (χ1n) is 1.36. The van der Waals surface area contributed by atoms with Crippen molar-refractivity contribution in [1.29, 1.82) is 0 Å². The number of alkyl halides is 1. The molecule has 6 heavy (non-hydrogen) atoms. The van der Waals surface area contributed by atoms with Gasteiger partial charge in [-0.1, -0.05) is 0 Å². The second kappa shape index (κ2) is 2.25. The van der Waals surface area contributed by atoms with Gasteiger partial charge in [0.05, 0.1) is 0 Å². The van der Waals surface area contributed by atoms with E-state index in [2.05, 4.69) is 0 Å². The van der Waals surface area contributed by atoms with E-state index in [-0.39, 0.29) is 0 Å².